The summed E-state index contributed by atoms with van der Waals surface area (Å²) in [4.78, 5) is 15.4. The Morgan fingerprint density at radius 3 is 2.95 bits per heavy atom. The maximum absolute atomic E-state index is 11.2. The number of carboxylic acid groups (broad SMARTS) is 1. The molecule has 2 N–H and O–H groups in total. The SMILES string of the molecule is O=C(O)c1cccc2ncn(CCCOCCO)c12. The van der Waals surface area contributed by atoms with Gasteiger partial charge in [-0.05, 0) is 18.6 Å². The largest absolute Gasteiger partial charge is 0.478 e. The van der Waals surface area contributed by atoms with Crippen LogP contribution in [0.1, 0.15) is 16.8 Å². The molecule has 2 rings (SSSR count). The molecule has 0 saturated heterocycles. The van der Waals surface area contributed by atoms with Crippen LogP contribution in [-0.2, 0) is 11.3 Å². The Bertz CT molecular complexity index is 565. The number of hydrogen-bond acceptors (Lipinski definition) is 4. The van der Waals surface area contributed by atoms with Gasteiger partial charge in [-0.2, -0.15) is 0 Å². The summed E-state index contributed by atoms with van der Waals surface area (Å²) in [5, 5.41) is 17.8. The van der Waals surface area contributed by atoms with Crippen LogP contribution in [0.4, 0.5) is 0 Å². The molecule has 0 radical (unpaired) electrons. The lowest BCUT2D eigenvalue weighted by atomic mass is 10.2. The van der Waals surface area contributed by atoms with E-state index in [2.05, 4.69) is 4.98 Å². The molecule has 0 aliphatic rings. The van der Waals surface area contributed by atoms with E-state index in [4.69, 9.17) is 9.84 Å². The molecule has 0 aliphatic carbocycles. The topological polar surface area (TPSA) is 84.6 Å². The zero-order valence-corrected chi connectivity index (χ0v) is 10.5. The van der Waals surface area contributed by atoms with Gasteiger partial charge in [0.2, 0.25) is 0 Å². The second kappa shape index (κ2) is 6.31. The number of carboxylic acids is 1. The fourth-order valence-electron chi connectivity index (χ4n) is 1.97. The molecular formula is C13H16N2O4. The Labute approximate surface area is 110 Å². The third-order valence-corrected chi connectivity index (χ3v) is 2.79. The lowest BCUT2D eigenvalue weighted by Crippen LogP contribution is -2.06. The smallest absolute Gasteiger partial charge is 0.337 e. The average Bonchev–Trinajstić information content (AvgIpc) is 2.81. The van der Waals surface area contributed by atoms with Crippen LogP contribution in [0.15, 0.2) is 24.5 Å². The van der Waals surface area contributed by atoms with Crippen LogP contribution in [0.3, 0.4) is 0 Å². The summed E-state index contributed by atoms with van der Waals surface area (Å²) in [5.41, 5.74) is 1.57. The van der Waals surface area contributed by atoms with Crippen LogP contribution in [0, 0.1) is 0 Å². The number of para-hydroxylation sites is 1. The number of ether oxygens (including phenoxy) is 1. The molecule has 1 aromatic carbocycles. The first-order valence-electron chi connectivity index (χ1n) is 6.10. The Kier molecular flexibility index (Phi) is 4.48. The van der Waals surface area contributed by atoms with Crippen molar-refractivity contribution in [2.75, 3.05) is 19.8 Å². The molecule has 102 valence electrons. The minimum Gasteiger partial charge on any atom is -0.478 e. The third kappa shape index (κ3) is 3.10. The molecule has 19 heavy (non-hydrogen) atoms. The Morgan fingerprint density at radius 2 is 2.21 bits per heavy atom. The summed E-state index contributed by atoms with van der Waals surface area (Å²) in [6.45, 7) is 1.49. The number of aromatic nitrogens is 2. The van der Waals surface area contributed by atoms with Crippen molar-refractivity contribution in [2.24, 2.45) is 0 Å². The van der Waals surface area contributed by atoms with Crippen molar-refractivity contribution in [3.8, 4) is 0 Å². The van der Waals surface area contributed by atoms with Crippen LogP contribution in [0.5, 0.6) is 0 Å². The van der Waals surface area contributed by atoms with E-state index in [0.717, 1.165) is 6.42 Å². The molecule has 0 atom stereocenters. The van der Waals surface area contributed by atoms with Crippen molar-refractivity contribution in [1.82, 2.24) is 9.55 Å². The fraction of sp³-hybridized carbons (Fsp3) is 0.385. The number of aliphatic hydroxyl groups is 1. The molecule has 0 saturated carbocycles. The monoisotopic (exact) mass is 264 g/mol. The van der Waals surface area contributed by atoms with Crippen LogP contribution in [0.25, 0.3) is 11.0 Å². The first-order valence-corrected chi connectivity index (χ1v) is 6.10. The Hall–Kier alpha value is -1.92. The summed E-state index contributed by atoms with van der Waals surface area (Å²) in [6.07, 6.45) is 2.38. The van der Waals surface area contributed by atoms with Crippen molar-refractivity contribution in [3.05, 3.63) is 30.1 Å². The number of rotatable bonds is 7. The van der Waals surface area contributed by atoms with E-state index in [-0.39, 0.29) is 12.2 Å². The minimum absolute atomic E-state index is 0.0111. The molecule has 1 aromatic heterocycles. The lowest BCUT2D eigenvalue weighted by Gasteiger charge is -2.06. The van der Waals surface area contributed by atoms with Crippen LogP contribution < -0.4 is 0 Å². The molecular weight excluding hydrogens is 248 g/mol. The highest BCUT2D eigenvalue weighted by Crippen LogP contribution is 2.18. The number of aromatic carboxylic acids is 1. The minimum atomic E-state index is -0.955. The predicted molar refractivity (Wildman–Crippen MR) is 69.2 cm³/mol. The molecule has 0 amide bonds. The number of carbonyl (C=O) groups is 1. The fourth-order valence-corrected chi connectivity index (χ4v) is 1.97. The van der Waals surface area contributed by atoms with Crippen LogP contribution in [0.2, 0.25) is 0 Å². The van der Waals surface area contributed by atoms with Gasteiger partial charge in [0.05, 0.1) is 36.1 Å². The molecule has 0 unspecified atom stereocenters. The summed E-state index contributed by atoms with van der Waals surface area (Å²) in [7, 11) is 0. The van der Waals surface area contributed by atoms with E-state index < -0.39 is 5.97 Å². The van der Waals surface area contributed by atoms with E-state index in [0.29, 0.717) is 30.8 Å². The van der Waals surface area contributed by atoms with Gasteiger partial charge >= 0.3 is 5.97 Å². The van der Waals surface area contributed by atoms with Gasteiger partial charge in [-0.3, -0.25) is 0 Å². The van der Waals surface area contributed by atoms with Gasteiger partial charge in [0.15, 0.2) is 0 Å². The van der Waals surface area contributed by atoms with Crippen LogP contribution >= 0.6 is 0 Å². The van der Waals surface area contributed by atoms with Gasteiger partial charge < -0.3 is 19.5 Å². The van der Waals surface area contributed by atoms with Crippen LogP contribution in [-0.4, -0.2) is 45.6 Å². The highest BCUT2D eigenvalue weighted by Gasteiger charge is 2.12. The zero-order chi connectivity index (χ0) is 13.7. The number of hydrogen-bond donors (Lipinski definition) is 2. The normalized spacial score (nSPS) is 11.0. The quantitative estimate of drug-likeness (QED) is 0.732. The Balaban J connectivity index is 2.12. The summed E-state index contributed by atoms with van der Waals surface area (Å²) < 4.78 is 6.99. The summed E-state index contributed by atoms with van der Waals surface area (Å²) >= 11 is 0. The Morgan fingerprint density at radius 1 is 1.37 bits per heavy atom. The number of imidazole rings is 1. The van der Waals surface area contributed by atoms with Crippen molar-refractivity contribution >= 4 is 17.0 Å². The molecule has 2 aromatic rings. The second-order valence-electron chi connectivity index (χ2n) is 4.11. The molecule has 6 nitrogen and oxygen atoms in total. The molecule has 0 aliphatic heterocycles. The van der Waals surface area contributed by atoms with E-state index in [1.54, 1.807) is 24.5 Å². The van der Waals surface area contributed by atoms with Gasteiger partial charge in [0.25, 0.3) is 0 Å². The van der Waals surface area contributed by atoms with Gasteiger partial charge in [-0.1, -0.05) is 6.07 Å². The van der Waals surface area contributed by atoms with E-state index in [9.17, 15) is 9.90 Å². The molecule has 6 heteroatoms. The van der Waals surface area contributed by atoms with Crippen molar-refractivity contribution in [1.29, 1.82) is 0 Å². The van der Waals surface area contributed by atoms with Gasteiger partial charge in [-0.15, -0.1) is 0 Å². The van der Waals surface area contributed by atoms with Gasteiger partial charge in [0.1, 0.15) is 0 Å². The highest BCUT2D eigenvalue weighted by molar-refractivity contribution is 6.01. The molecule has 0 bridgehead atoms. The van der Waals surface area contributed by atoms with E-state index in [1.165, 1.54) is 0 Å². The van der Waals surface area contributed by atoms with Crippen molar-refractivity contribution < 1.29 is 19.7 Å². The number of fused-ring (bicyclic) bond motifs is 1. The van der Waals surface area contributed by atoms with E-state index >= 15 is 0 Å². The number of benzene rings is 1. The first kappa shape index (κ1) is 13.5. The zero-order valence-electron chi connectivity index (χ0n) is 10.5. The third-order valence-electron chi connectivity index (χ3n) is 2.79. The standard InChI is InChI=1S/C13H16N2O4/c16-6-8-19-7-2-5-15-9-14-11-4-1-3-10(12(11)15)13(17)18/h1,3-4,9,16H,2,5-8H2,(H,17,18). The highest BCUT2D eigenvalue weighted by atomic mass is 16.5. The molecule has 0 fully saturated rings. The van der Waals surface area contributed by atoms with Gasteiger partial charge in [-0.25, -0.2) is 9.78 Å². The van der Waals surface area contributed by atoms with Crippen molar-refractivity contribution in [2.45, 2.75) is 13.0 Å². The summed E-state index contributed by atoms with van der Waals surface area (Å²) in [6, 6.07) is 5.05. The molecule has 1 heterocycles. The predicted octanol–water partition coefficient (Wildman–Crippen LogP) is 1.13. The molecule has 0 spiro atoms. The number of nitrogens with zero attached hydrogens (tertiary/aromatic N) is 2. The first-order chi connectivity index (χ1) is 9.24. The lowest BCUT2D eigenvalue weighted by molar-refractivity contribution is 0.0698. The summed E-state index contributed by atoms with van der Waals surface area (Å²) in [5.74, 6) is -0.955. The number of aliphatic hydroxyl groups excluding tert-OH is 1. The maximum Gasteiger partial charge on any atom is 0.337 e. The van der Waals surface area contributed by atoms with E-state index in [1.807, 2.05) is 4.57 Å². The van der Waals surface area contributed by atoms with Crippen molar-refractivity contribution in [3.63, 3.8) is 0 Å². The van der Waals surface area contributed by atoms with Gasteiger partial charge in [0, 0.05) is 13.2 Å². The number of aryl methyl sites for hydroxylation is 1. The average molecular weight is 264 g/mol. The maximum atomic E-state index is 11.2. The second-order valence-corrected chi connectivity index (χ2v) is 4.11.